The van der Waals surface area contributed by atoms with Crippen LogP contribution in [0.15, 0.2) is 24.3 Å². The summed E-state index contributed by atoms with van der Waals surface area (Å²) in [6, 6.07) is 7.47. The van der Waals surface area contributed by atoms with E-state index in [9.17, 15) is 9.59 Å². The van der Waals surface area contributed by atoms with Crippen LogP contribution in [0.25, 0.3) is 0 Å². The van der Waals surface area contributed by atoms with Gasteiger partial charge in [0.1, 0.15) is 18.6 Å². The summed E-state index contributed by atoms with van der Waals surface area (Å²) in [4.78, 5) is 22.6. The molecule has 0 aliphatic heterocycles. The molecule has 0 amide bonds. The maximum Gasteiger partial charge on any atom is 0.317 e. The molecule has 0 fully saturated rings. The van der Waals surface area contributed by atoms with Crippen molar-refractivity contribution in [2.45, 2.75) is 26.3 Å². The summed E-state index contributed by atoms with van der Waals surface area (Å²) >= 11 is 5.72. The summed E-state index contributed by atoms with van der Waals surface area (Å²) in [5.74, 6) is -0.0283. The van der Waals surface area contributed by atoms with E-state index < -0.39 is 11.4 Å². The number of rotatable bonds is 10. The molecule has 1 aromatic carbocycles. The molecular formula is C16H21ClO5. The first kappa shape index (κ1) is 18.5. The second kappa shape index (κ2) is 9.43. The van der Waals surface area contributed by atoms with Crippen LogP contribution in [0.1, 0.15) is 25.0 Å². The minimum atomic E-state index is -1.02. The van der Waals surface area contributed by atoms with E-state index >= 15 is 0 Å². The summed E-state index contributed by atoms with van der Waals surface area (Å²) < 4.78 is 15.3. The third-order valence-electron chi connectivity index (χ3n) is 3.13. The van der Waals surface area contributed by atoms with E-state index in [1.54, 1.807) is 6.92 Å². The van der Waals surface area contributed by atoms with Crippen LogP contribution in [0.3, 0.4) is 0 Å². The third-order valence-corrected chi connectivity index (χ3v) is 3.44. The normalized spacial score (nSPS) is 13.2. The first-order valence-electron chi connectivity index (χ1n) is 6.99. The van der Waals surface area contributed by atoms with Crippen molar-refractivity contribution < 1.29 is 23.8 Å². The molecule has 0 N–H and O–H groups in total. The Bertz CT molecular complexity index is 474. The van der Waals surface area contributed by atoms with Crippen molar-refractivity contribution in [1.29, 1.82) is 0 Å². The standard InChI is InChI=1S/C16H21ClO5/c1-3-20-10-16(2,11-21-12-18)15(19)22-9-14-6-4-13(8-17)5-7-14/h4-7,12H,3,8-11H2,1-2H3. The predicted octanol–water partition coefficient (Wildman–Crippen LogP) is 2.68. The van der Waals surface area contributed by atoms with Crippen molar-refractivity contribution in [2.24, 2.45) is 5.41 Å². The number of alkyl halides is 1. The van der Waals surface area contributed by atoms with Crippen LogP contribution in [0, 0.1) is 5.41 Å². The van der Waals surface area contributed by atoms with Crippen LogP contribution in [0.5, 0.6) is 0 Å². The van der Waals surface area contributed by atoms with Gasteiger partial charge in [0.25, 0.3) is 6.47 Å². The van der Waals surface area contributed by atoms with E-state index in [-0.39, 0.29) is 19.8 Å². The summed E-state index contributed by atoms with van der Waals surface area (Å²) in [5, 5.41) is 0. The summed E-state index contributed by atoms with van der Waals surface area (Å²) in [6.45, 7) is 4.42. The Morgan fingerprint density at radius 1 is 1.23 bits per heavy atom. The fourth-order valence-corrected chi connectivity index (χ4v) is 1.93. The molecule has 1 unspecified atom stereocenters. The van der Waals surface area contributed by atoms with Crippen molar-refractivity contribution >= 4 is 24.0 Å². The maximum atomic E-state index is 12.3. The Labute approximate surface area is 135 Å². The van der Waals surface area contributed by atoms with Gasteiger partial charge >= 0.3 is 5.97 Å². The van der Waals surface area contributed by atoms with Crippen molar-refractivity contribution in [1.82, 2.24) is 0 Å². The van der Waals surface area contributed by atoms with Gasteiger partial charge in [-0.15, -0.1) is 11.6 Å². The second-order valence-corrected chi connectivity index (χ2v) is 5.40. The largest absolute Gasteiger partial charge is 0.467 e. The average Bonchev–Trinajstić information content (AvgIpc) is 2.56. The zero-order valence-electron chi connectivity index (χ0n) is 12.8. The lowest BCUT2D eigenvalue weighted by Gasteiger charge is -2.25. The number of benzene rings is 1. The zero-order valence-corrected chi connectivity index (χ0v) is 13.6. The quantitative estimate of drug-likeness (QED) is 0.375. The Balaban J connectivity index is 2.62. The molecule has 0 aliphatic carbocycles. The lowest BCUT2D eigenvalue weighted by molar-refractivity contribution is -0.165. The van der Waals surface area contributed by atoms with Gasteiger partial charge < -0.3 is 14.2 Å². The Hall–Kier alpha value is -1.59. The Morgan fingerprint density at radius 2 is 1.86 bits per heavy atom. The number of ether oxygens (including phenoxy) is 3. The molecule has 122 valence electrons. The van der Waals surface area contributed by atoms with E-state index in [0.717, 1.165) is 11.1 Å². The first-order chi connectivity index (χ1) is 10.6. The van der Waals surface area contributed by atoms with Gasteiger partial charge in [0.05, 0.1) is 6.61 Å². The van der Waals surface area contributed by atoms with Crippen LogP contribution >= 0.6 is 11.6 Å². The average molecular weight is 329 g/mol. The molecule has 6 heteroatoms. The van der Waals surface area contributed by atoms with Crippen molar-refractivity contribution in [3.8, 4) is 0 Å². The van der Waals surface area contributed by atoms with Crippen LogP contribution in [-0.2, 0) is 36.3 Å². The smallest absolute Gasteiger partial charge is 0.317 e. The molecule has 0 saturated carbocycles. The van der Waals surface area contributed by atoms with Crippen LogP contribution in [0.2, 0.25) is 0 Å². The van der Waals surface area contributed by atoms with E-state index in [2.05, 4.69) is 0 Å². The molecule has 0 bridgehead atoms. The number of carbonyl (C=O) groups excluding carboxylic acids is 2. The Morgan fingerprint density at radius 3 is 2.41 bits per heavy atom. The number of hydrogen-bond acceptors (Lipinski definition) is 5. The second-order valence-electron chi connectivity index (χ2n) is 5.13. The van der Waals surface area contributed by atoms with Crippen LogP contribution in [-0.4, -0.2) is 32.3 Å². The van der Waals surface area contributed by atoms with Crippen molar-refractivity contribution in [3.05, 3.63) is 35.4 Å². The molecular weight excluding hydrogens is 308 g/mol. The van der Waals surface area contributed by atoms with Gasteiger partial charge in [-0.1, -0.05) is 24.3 Å². The van der Waals surface area contributed by atoms with Crippen LogP contribution < -0.4 is 0 Å². The molecule has 5 nitrogen and oxygen atoms in total. The van der Waals surface area contributed by atoms with Crippen molar-refractivity contribution in [3.63, 3.8) is 0 Å². The van der Waals surface area contributed by atoms with E-state index in [4.69, 9.17) is 25.8 Å². The van der Waals surface area contributed by atoms with E-state index in [1.165, 1.54) is 0 Å². The molecule has 1 aromatic rings. The molecule has 0 radical (unpaired) electrons. The van der Waals surface area contributed by atoms with Gasteiger partial charge in [-0.3, -0.25) is 9.59 Å². The number of esters is 1. The van der Waals surface area contributed by atoms with Gasteiger partial charge in [-0.05, 0) is 25.0 Å². The molecule has 0 saturated heterocycles. The van der Waals surface area contributed by atoms with Gasteiger partial charge in [0, 0.05) is 12.5 Å². The van der Waals surface area contributed by atoms with Gasteiger partial charge in [-0.2, -0.15) is 0 Å². The minimum Gasteiger partial charge on any atom is -0.467 e. The Kier molecular flexibility index (Phi) is 7.91. The zero-order chi connectivity index (χ0) is 16.4. The summed E-state index contributed by atoms with van der Waals surface area (Å²) in [6.07, 6.45) is 0. The summed E-state index contributed by atoms with van der Waals surface area (Å²) in [5.41, 5.74) is 0.835. The fourth-order valence-electron chi connectivity index (χ4n) is 1.75. The molecule has 0 aromatic heterocycles. The highest BCUT2D eigenvalue weighted by Gasteiger charge is 2.36. The highest BCUT2D eigenvalue weighted by atomic mass is 35.5. The number of hydrogen-bond donors (Lipinski definition) is 0. The molecule has 1 atom stereocenters. The predicted molar refractivity (Wildman–Crippen MR) is 82.4 cm³/mol. The fraction of sp³-hybridized carbons (Fsp3) is 0.500. The lowest BCUT2D eigenvalue weighted by atomic mass is 9.93. The number of halogens is 1. The maximum absolute atomic E-state index is 12.3. The van der Waals surface area contributed by atoms with Crippen molar-refractivity contribution in [2.75, 3.05) is 19.8 Å². The topological polar surface area (TPSA) is 61.8 Å². The molecule has 1 rings (SSSR count). The molecule has 22 heavy (non-hydrogen) atoms. The molecule has 0 aliphatic rings. The summed E-state index contributed by atoms with van der Waals surface area (Å²) in [7, 11) is 0. The van der Waals surface area contributed by atoms with E-state index in [0.29, 0.717) is 19.0 Å². The van der Waals surface area contributed by atoms with Crippen LogP contribution in [0.4, 0.5) is 0 Å². The highest BCUT2D eigenvalue weighted by molar-refractivity contribution is 6.17. The van der Waals surface area contributed by atoms with E-state index in [1.807, 2.05) is 31.2 Å². The SMILES string of the molecule is CCOCC(C)(COC=O)C(=O)OCc1ccc(CCl)cc1. The molecule has 0 spiro atoms. The van der Waals surface area contributed by atoms with Gasteiger partial charge in [0.2, 0.25) is 0 Å². The molecule has 0 heterocycles. The third kappa shape index (κ3) is 5.66. The lowest BCUT2D eigenvalue weighted by Crippen LogP contribution is -2.39. The monoisotopic (exact) mass is 328 g/mol. The van der Waals surface area contributed by atoms with Gasteiger partial charge in [0.15, 0.2) is 0 Å². The highest BCUT2D eigenvalue weighted by Crippen LogP contribution is 2.21. The van der Waals surface area contributed by atoms with Gasteiger partial charge in [-0.25, -0.2) is 0 Å². The number of carbonyl (C=O) groups is 2. The first-order valence-corrected chi connectivity index (χ1v) is 7.53. The minimum absolute atomic E-state index is 0.0828.